The van der Waals surface area contributed by atoms with Gasteiger partial charge in [0.25, 0.3) is 0 Å². The average molecular weight is 187 g/mol. The van der Waals surface area contributed by atoms with Gasteiger partial charge in [-0.05, 0) is 6.92 Å². The van der Waals surface area contributed by atoms with Crippen LogP contribution in [0.5, 0.6) is 0 Å². The predicted molar refractivity (Wildman–Crippen MR) is 46.7 cm³/mol. The molecule has 0 heterocycles. The van der Waals surface area contributed by atoms with Crippen LogP contribution in [0.15, 0.2) is 0 Å². The molecule has 0 N–H and O–H groups in total. The molecule has 4 nitrogen and oxygen atoms in total. The lowest BCUT2D eigenvalue weighted by Crippen LogP contribution is -2.27. The maximum Gasteiger partial charge on any atom is 0.302 e. The summed E-state index contributed by atoms with van der Waals surface area (Å²) >= 11 is 0. The third kappa shape index (κ3) is 7.31. The number of hydrogen-bond donors (Lipinski definition) is 0. The van der Waals surface area contributed by atoms with E-state index >= 15 is 0 Å². The van der Waals surface area contributed by atoms with Crippen LogP contribution in [0.1, 0.15) is 20.8 Å². The average Bonchev–Trinajstić information content (AvgIpc) is 1.98. The fraction of sp³-hybridized carbons (Fsp3) is 0.667. The Labute approximate surface area is 78.2 Å². The smallest absolute Gasteiger partial charge is 0.302 e. The van der Waals surface area contributed by atoms with Crippen molar-refractivity contribution in [2.45, 2.75) is 20.8 Å². The van der Waals surface area contributed by atoms with E-state index in [1.807, 2.05) is 0 Å². The first-order chi connectivity index (χ1) is 5.83. The number of ether oxygens (including phenoxy) is 2. The van der Waals surface area contributed by atoms with Gasteiger partial charge < -0.3 is 9.47 Å². The highest BCUT2D eigenvalue weighted by molar-refractivity contribution is 5.66. The first-order valence-electron chi connectivity index (χ1n) is 3.95. The number of carbonyl (C=O) groups is 2. The molecule has 0 unspecified atom stereocenters. The SMILES string of the molecule is [CH2]C(C)(COC(C)=O)COC(C)=O. The van der Waals surface area contributed by atoms with Gasteiger partial charge in [-0.25, -0.2) is 0 Å². The van der Waals surface area contributed by atoms with E-state index in [-0.39, 0.29) is 25.2 Å². The second-order valence-electron chi connectivity index (χ2n) is 3.37. The van der Waals surface area contributed by atoms with Crippen molar-refractivity contribution in [1.29, 1.82) is 0 Å². The zero-order valence-corrected chi connectivity index (χ0v) is 8.25. The van der Waals surface area contributed by atoms with Crippen molar-refractivity contribution >= 4 is 11.9 Å². The minimum Gasteiger partial charge on any atom is -0.465 e. The summed E-state index contributed by atoms with van der Waals surface area (Å²) < 4.78 is 9.49. The highest BCUT2D eigenvalue weighted by Gasteiger charge is 2.21. The highest BCUT2D eigenvalue weighted by atomic mass is 16.5. The predicted octanol–water partition coefficient (Wildman–Crippen LogP) is 0.953. The van der Waals surface area contributed by atoms with E-state index in [1.165, 1.54) is 13.8 Å². The molecular formula is C9H15O4. The van der Waals surface area contributed by atoms with Gasteiger partial charge in [0, 0.05) is 19.3 Å². The molecule has 0 aromatic rings. The fourth-order valence-corrected chi connectivity index (χ4v) is 0.593. The molecule has 0 amide bonds. The second-order valence-corrected chi connectivity index (χ2v) is 3.37. The van der Waals surface area contributed by atoms with Crippen LogP contribution < -0.4 is 0 Å². The van der Waals surface area contributed by atoms with E-state index in [1.54, 1.807) is 6.92 Å². The lowest BCUT2D eigenvalue weighted by atomic mass is 9.96. The third-order valence-electron chi connectivity index (χ3n) is 1.25. The van der Waals surface area contributed by atoms with E-state index in [4.69, 9.17) is 9.47 Å². The molecule has 0 aliphatic rings. The van der Waals surface area contributed by atoms with Crippen molar-refractivity contribution in [3.63, 3.8) is 0 Å². The second kappa shape index (κ2) is 4.84. The Kier molecular flexibility index (Phi) is 4.45. The van der Waals surface area contributed by atoms with Gasteiger partial charge in [0.2, 0.25) is 0 Å². The van der Waals surface area contributed by atoms with Gasteiger partial charge in [-0.2, -0.15) is 0 Å². The van der Waals surface area contributed by atoms with E-state index in [9.17, 15) is 9.59 Å². The minimum atomic E-state index is -0.572. The molecule has 0 saturated heterocycles. The normalized spacial score (nSPS) is 10.8. The summed E-state index contributed by atoms with van der Waals surface area (Å²) in [6, 6.07) is 0. The molecule has 0 aromatic carbocycles. The van der Waals surface area contributed by atoms with Crippen molar-refractivity contribution in [2.24, 2.45) is 5.41 Å². The monoisotopic (exact) mass is 187 g/mol. The Balaban J connectivity index is 3.79. The summed E-state index contributed by atoms with van der Waals surface area (Å²) in [5, 5.41) is 0. The molecule has 75 valence electrons. The van der Waals surface area contributed by atoms with Crippen LogP contribution in [0.4, 0.5) is 0 Å². The lowest BCUT2D eigenvalue weighted by Gasteiger charge is -2.22. The Morgan fingerprint density at radius 3 is 1.69 bits per heavy atom. The van der Waals surface area contributed by atoms with Gasteiger partial charge in [0.15, 0.2) is 0 Å². The number of esters is 2. The quantitative estimate of drug-likeness (QED) is 0.615. The van der Waals surface area contributed by atoms with Gasteiger partial charge in [-0.3, -0.25) is 9.59 Å². The molecular weight excluding hydrogens is 172 g/mol. The van der Waals surface area contributed by atoms with Gasteiger partial charge >= 0.3 is 11.9 Å². The third-order valence-corrected chi connectivity index (χ3v) is 1.25. The Morgan fingerprint density at radius 2 is 1.46 bits per heavy atom. The van der Waals surface area contributed by atoms with Crippen LogP contribution in [-0.2, 0) is 19.1 Å². The summed E-state index contributed by atoms with van der Waals surface area (Å²) in [6.45, 7) is 8.45. The topological polar surface area (TPSA) is 52.6 Å². The molecule has 4 heteroatoms. The summed E-state index contributed by atoms with van der Waals surface area (Å²) in [6.07, 6.45) is 0. The standard InChI is InChI=1S/C9H15O4/c1-7(10)12-5-9(3,4)6-13-8(2)11/h3,5-6H2,1-2,4H3. The molecule has 13 heavy (non-hydrogen) atoms. The lowest BCUT2D eigenvalue weighted by molar-refractivity contribution is -0.148. The molecule has 0 bridgehead atoms. The van der Waals surface area contributed by atoms with Gasteiger partial charge in [0.1, 0.15) is 0 Å². The zero-order valence-electron chi connectivity index (χ0n) is 8.25. The summed E-state index contributed by atoms with van der Waals surface area (Å²) in [7, 11) is 0. The van der Waals surface area contributed by atoms with Crippen LogP contribution in [0, 0.1) is 12.3 Å². The molecule has 0 aromatic heterocycles. The van der Waals surface area contributed by atoms with Gasteiger partial charge in [0.05, 0.1) is 13.2 Å². The Bertz CT molecular complexity index is 176. The maximum absolute atomic E-state index is 10.5. The molecule has 0 aliphatic carbocycles. The number of rotatable bonds is 4. The Morgan fingerprint density at radius 1 is 1.15 bits per heavy atom. The molecule has 0 fully saturated rings. The molecule has 0 aliphatic heterocycles. The van der Waals surface area contributed by atoms with Crippen LogP contribution in [0.25, 0.3) is 0 Å². The minimum absolute atomic E-state index is 0.148. The molecule has 0 spiro atoms. The van der Waals surface area contributed by atoms with Crippen LogP contribution in [-0.4, -0.2) is 25.2 Å². The fourth-order valence-electron chi connectivity index (χ4n) is 0.593. The first-order valence-corrected chi connectivity index (χ1v) is 3.95. The number of hydrogen-bond acceptors (Lipinski definition) is 4. The van der Waals surface area contributed by atoms with Crippen molar-refractivity contribution < 1.29 is 19.1 Å². The molecule has 1 radical (unpaired) electrons. The van der Waals surface area contributed by atoms with Crippen molar-refractivity contribution in [1.82, 2.24) is 0 Å². The van der Waals surface area contributed by atoms with E-state index in [0.717, 1.165) is 0 Å². The highest BCUT2D eigenvalue weighted by Crippen LogP contribution is 2.15. The maximum atomic E-state index is 10.5. The van der Waals surface area contributed by atoms with Crippen molar-refractivity contribution in [3.8, 4) is 0 Å². The van der Waals surface area contributed by atoms with Crippen molar-refractivity contribution in [3.05, 3.63) is 6.92 Å². The summed E-state index contributed by atoms with van der Waals surface area (Å²) in [5.41, 5.74) is -0.572. The van der Waals surface area contributed by atoms with Crippen LogP contribution in [0.3, 0.4) is 0 Å². The zero-order chi connectivity index (χ0) is 10.5. The summed E-state index contributed by atoms with van der Waals surface area (Å²) in [4.78, 5) is 20.9. The number of carbonyl (C=O) groups excluding carboxylic acids is 2. The van der Waals surface area contributed by atoms with Gasteiger partial charge in [-0.1, -0.05) is 6.92 Å². The molecule has 0 saturated carbocycles. The molecule has 0 atom stereocenters. The van der Waals surface area contributed by atoms with E-state index in [0.29, 0.717) is 0 Å². The van der Waals surface area contributed by atoms with Crippen LogP contribution >= 0.6 is 0 Å². The van der Waals surface area contributed by atoms with E-state index < -0.39 is 5.41 Å². The summed E-state index contributed by atoms with van der Waals surface area (Å²) in [5.74, 6) is -0.726. The first kappa shape index (κ1) is 11.9. The largest absolute Gasteiger partial charge is 0.465 e. The van der Waals surface area contributed by atoms with Gasteiger partial charge in [-0.15, -0.1) is 0 Å². The van der Waals surface area contributed by atoms with Crippen molar-refractivity contribution in [2.75, 3.05) is 13.2 Å². The molecule has 0 rings (SSSR count). The van der Waals surface area contributed by atoms with E-state index in [2.05, 4.69) is 6.92 Å². The Hall–Kier alpha value is -1.06. The van der Waals surface area contributed by atoms with Crippen LogP contribution in [0.2, 0.25) is 0 Å².